The molecular formula is C42H50N2O9. The molecule has 3 aromatic carbocycles. The lowest BCUT2D eigenvalue weighted by atomic mass is 9.63. The molecule has 1 aromatic heterocycles. The fraction of sp³-hybridized carbons (Fsp3) is 0.429. The third-order valence-electron chi connectivity index (χ3n) is 11.0. The van der Waals surface area contributed by atoms with Crippen molar-refractivity contribution in [3.8, 4) is 23.0 Å². The van der Waals surface area contributed by atoms with Gasteiger partial charge in [-0.1, -0.05) is 36.4 Å². The number of hydrogen-bond donors (Lipinski definition) is 1. The molecule has 6 atom stereocenters. The van der Waals surface area contributed by atoms with Crippen LogP contribution in [0.15, 0.2) is 73.3 Å². The van der Waals surface area contributed by atoms with E-state index in [-0.39, 0.29) is 29.4 Å². The van der Waals surface area contributed by atoms with Crippen molar-refractivity contribution in [3.05, 3.63) is 95.7 Å². The Balaban J connectivity index is 0.000000468. The van der Waals surface area contributed by atoms with Crippen LogP contribution in [0.4, 0.5) is 0 Å². The monoisotopic (exact) mass is 726 g/mol. The van der Waals surface area contributed by atoms with Gasteiger partial charge in [-0.3, -0.25) is 9.69 Å². The SMILES string of the molecule is C=CCc1ccccc1.COC(=O)[C@H]1[C@H]2C[C@@H]3c4[nH]c5cc(OC)ccc5c4CCN3C[C@H]2C[C@@H](OC(=O)c2cc(OC)c(OC)c(OC)c2)[C@@H]1OC. The lowest BCUT2D eigenvalue weighted by Gasteiger charge is -2.52. The van der Waals surface area contributed by atoms with Crippen molar-refractivity contribution < 1.29 is 42.7 Å². The largest absolute Gasteiger partial charge is 0.497 e. The molecule has 1 saturated carbocycles. The quantitative estimate of drug-likeness (QED) is 0.142. The maximum atomic E-state index is 13.5. The molecule has 11 nitrogen and oxygen atoms in total. The number of fused-ring (bicyclic) bond motifs is 6. The third-order valence-corrected chi connectivity index (χ3v) is 11.0. The highest BCUT2D eigenvalue weighted by Gasteiger charge is 2.54. The molecule has 53 heavy (non-hydrogen) atoms. The Morgan fingerprint density at radius 2 is 1.64 bits per heavy atom. The van der Waals surface area contributed by atoms with Gasteiger partial charge in [0.15, 0.2) is 11.5 Å². The van der Waals surface area contributed by atoms with Crippen LogP contribution in [0, 0.1) is 17.8 Å². The molecule has 2 aliphatic heterocycles. The smallest absolute Gasteiger partial charge is 0.338 e. The number of allylic oxidation sites excluding steroid dienone is 1. The standard InChI is InChI=1S/C33H40N2O9.C9H10/c1-38-19-7-8-20-21-9-10-35-16-18-13-27(44-32(36)17-11-25(39-2)30(41-4)26(12-17)40-3)31(42-5)28(33(37)43-6)22(18)15-24(35)29(21)34-23(20)14-19;1-2-6-9-7-4-3-5-8-9/h7-8,11-12,14,18,22,24,27-28,31,34H,9-10,13,15-16H2,1-6H3;2-5,7-8H,1,6H2/t18-,22+,24-,27-,28+,31+;/m1./s1. The van der Waals surface area contributed by atoms with Gasteiger partial charge in [-0.2, -0.15) is 0 Å². The Morgan fingerprint density at radius 3 is 2.26 bits per heavy atom. The van der Waals surface area contributed by atoms with Gasteiger partial charge in [0, 0.05) is 42.9 Å². The highest BCUT2D eigenvalue weighted by Crippen LogP contribution is 2.51. The van der Waals surface area contributed by atoms with Crippen LogP contribution in [0.1, 0.15) is 46.1 Å². The molecule has 7 rings (SSSR count). The average Bonchev–Trinajstić information content (AvgIpc) is 3.57. The number of benzene rings is 3. The maximum absolute atomic E-state index is 13.5. The van der Waals surface area contributed by atoms with E-state index in [4.69, 9.17) is 33.2 Å². The number of carbonyl (C=O) groups excluding carboxylic acids is 2. The minimum atomic E-state index is -0.670. The first-order chi connectivity index (χ1) is 25.8. The minimum Gasteiger partial charge on any atom is -0.497 e. The molecule has 1 aliphatic carbocycles. The first-order valence-corrected chi connectivity index (χ1v) is 18.0. The number of aromatic amines is 1. The molecule has 0 spiro atoms. The molecule has 0 amide bonds. The second-order valence-corrected chi connectivity index (χ2v) is 13.7. The van der Waals surface area contributed by atoms with Gasteiger partial charge in [-0.25, -0.2) is 4.79 Å². The van der Waals surface area contributed by atoms with E-state index >= 15 is 0 Å². The molecule has 0 bridgehead atoms. The van der Waals surface area contributed by atoms with Crippen LogP contribution >= 0.6 is 0 Å². The lowest BCUT2D eigenvalue weighted by molar-refractivity contribution is -0.176. The van der Waals surface area contributed by atoms with E-state index in [0.29, 0.717) is 23.7 Å². The van der Waals surface area contributed by atoms with Gasteiger partial charge >= 0.3 is 11.9 Å². The normalized spacial score (nSPS) is 23.2. The van der Waals surface area contributed by atoms with E-state index in [1.54, 1.807) is 26.4 Å². The summed E-state index contributed by atoms with van der Waals surface area (Å²) in [5.41, 5.74) is 5.15. The van der Waals surface area contributed by atoms with E-state index in [9.17, 15) is 9.59 Å². The number of rotatable bonds is 10. The molecule has 3 aliphatic rings. The van der Waals surface area contributed by atoms with Gasteiger partial charge in [-0.05, 0) is 72.9 Å². The maximum Gasteiger partial charge on any atom is 0.338 e. The van der Waals surface area contributed by atoms with Crippen LogP contribution in [0.3, 0.4) is 0 Å². The average molecular weight is 727 g/mol. The fourth-order valence-corrected chi connectivity index (χ4v) is 8.54. The minimum absolute atomic E-state index is 0.0170. The summed E-state index contributed by atoms with van der Waals surface area (Å²) >= 11 is 0. The number of esters is 2. The first-order valence-electron chi connectivity index (χ1n) is 18.0. The number of hydrogen-bond acceptors (Lipinski definition) is 10. The zero-order chi connectivity index (χ0) is 37.6. The summed E-state index contributed by atoms with van der Waals surface area (Å²) in [6.07, 6.45) is 3.80. The number of methoxy groups -OCH3 is 6. The number of piperidine rings is 1. The van der Waals surface area contributed by atoms with Crippen molar-refractivity contribution in [2.75, 3.05) is 55.7 Å². The van der Waals surface area contributed by atoms with Gasteiger partial charge in [-0.15, -0.1) is 6.58 Å². The molecular weight excluding hydrogens is 676 g/mol. The fourth-order valence-electron chi connectivity index (χ4n) is 8.54. The summed E-state index contributed by atoms with van der Waals surface area (Å²) in [7, 11) is 9.10. The predicted octanol–water partition coefficient (Wildman–Crippen LogP) is 6.59. The summed E-state index contributed by atoms with van der Waals surface area (Å²) in [6, 6.07) is 19.7. The van der Waals surface area contributed by atoms with Crippen molar-refractivity contribution in [2.45, 2.75) is 43.9 Å². The second kappa shape index (κ2) is 16.8. The molecule has 4 aromatic rings. The van der Waals surface area contributed by atoms with E-state index < -0.39 is 24.1 Å². The molecule has 3 heterocycles. The van der Waals surface area contributed by atoms with Crippen molar-refractivity contribution >= 4 is 22.8 Å². The number of carbonyl (C=O) groups is 2. The van der Waals surface area contributed by atoms with Crippen LogP contribution in [-0.2, 0) is 31.8 Å². The molecule has 11 heteroatoms. The van der Waals surface area contributed by atoms with E-state index in [1.165, 1.54) is 50.6 Å². The first kappa shape index (κ1) is 37.7. The van der Waals surface area contributed by atoms with Crippen molar-refractivity contribution in [3.63, 3.8) is 0 Å². The highest BCUT2D eigenvalue weighted by molar-refractivity contribution is 5.91. The summed E-state index contributed by atoms with van der Waals surface area (Å²) in [5.74, 6) is 0.441. The Bertz CT molecular complexity index is 1880. The molecule has 1 N–H and O–H groups in total. The van der Waals surface area contributed by atoms with Crippen molar-refractivity contribution in [1.82, 2.24) is 9.88 Å². The van der Waals surface area contributed by atoms with Crippen LogP contribution in [0.25, 0.3) is 10.9 Å². The van der Waals surface area contributed by atoms with Crippen molar-refractivity contribution in [2.24, 2.45) is 17.8 Å². The highest BCUT2D eigenvalue weighted by atomic mass is 16.6. The Morgan fingerprint density at radius 1 is 0.906 bits per heavy atom. The molecule has 2 fully saturated rings. The number of nitrogens with zero attached hydrogens (tertiary/aromatic N) is 1. The number of nitrogens with one attached hydrogen (secondary N) is 1. The summed E-state index contributed by atoms with van der Waals surface area (Å²) in [6.45, 7) is 5.34. The van der Waals surface area contributed by atoms with E-state index in [2.05, 4.69) is 34.7 Å². The molecule has 1 saturated heterocycles. The van der Waals surface area contributed by atoms with Gasteiger partial charge in [0.05, 0.1) is 53.1 Å². The van der Waals surface area contributed by atoms with E-state index in [0.717, 1.165) is 43.6 Å². The van der Waals surface area contributed by atoms with Gasteiger partial charge in [0.1, 0.15) is 18.0 Å². The molecule has 282 valence electrons. The Kier molecular flexibility index (Phi) is 11.9. The van der Waals surface area contributed by atoms with Crippen LogP contribution < -0.4 is 18.9 Å². The summed E-state index contributed by atoms with van der Waals surface area (Å²) in [5, 5.41) is 1.21. The third kappa shape index (κ3) is 7.59. The molecule has 0 radical (unpaired) electrons. The van der Waals surface area contributed by atoms with Gasteiger partial charge < -0.3 is 38.1 Å². The lowest BCUT2D eigenvalue weighted by Crippen LogP contribution is -2.58. The summed E-state index contributed by atoms with van der Waals surface area (Å²) in [4.78, 5) is 33.1. The number of ether oxygens (including phenoxy) is 7. The second-order valence-electron chi connectivity index (χ2n) is 13.7. The van der Waals surface area contributed by atoms with Crippen LogP contribution in [-0.4, -0.2) is 89.8 Å². The topological polar surface area (TPSA) is 118 Å². The van der Waals surface area contributed by atoms with Crippen LogP contribution in [0.5, 0.6) is 23.0 Å². The van der Waals surface area contributed by atoms with Gasteiger partial charge in [0.2, 0.25) is 5.75 Å². The van der Waals surface area contributed by atoms with E-state index in [1.807, 2.05) is 36.4 Å². The molecule has 0 unspecified atom stereocenters. The predicted molar refractivity (Wildman–Crippen MR) is 201 cm³/mol. The van der Waals surface area contributed by atoms with Gasteiger partial charge in [0.25, 0.3) is 0 Å². The Hall–Kier alpha value is -5.00. The van der Waals surface area contributed by atoms with Crippen LogP contribution in [0.2, 0.25) is 0 Å². The Labute approximate surface area is 311 Å². The number of aromatic nitrogens is 1. The zero-order valence-electron chi connectivity index (χ0n) is 31.4. The summed E-state index contributed by atoms with van der Waals surface area (Å²) < 4.78 is 39.1. The van der Waals surface area contributed by atoms with Crippen molar-refractivity contribution in [1.29, 1.82) is 0 Å². The zero-order valence-corrected chi connectivity index (χ0v) is 31.4. The number of H-pyrrole nitrogens is 1.